The van der Waals surface area contributed by atoms with Gasteiger partial charge in [0.15, 0.2) is 11.6 Å². The molecular weight excluding hydrogens is 454 g/mol. The first-order valence-corrected chi connectivity index (χ1v) is 12.3. The molecule has 2 aromatic heterocycles. The highest BCUT2D eigenvalue weighted by molar-refractivity contribution is 5.87. The summed E-state index contributed by atoms with van der Waals surface area (Å²) >= 11 is 0. The van der Waals surface area contributed by atoms with Crippen LogP contribution < -0.4 is 32.0 Å². The van der Waals surface area contributed by atoms with Gasteiger partial charge in [-0.15, -0.1) is 5.10 Å². The Morgan fingerprint density at radius 2 is 1.83 bits per heavy atom. The van der Waals surface area contributed by atoms with Crippen LogP contribution in [0, 0.1) is 0 Å². The third-order valence-electron chi connectivity index (χ3n) is 6.89. The van der Waals surface area contributed by atoms with Gasteiger partial charge in [0.05, 0.1) is 11.3 Å². The predicted octanol–water partition coefficient (Wildman–Crippen LogP) is 3.23. The Balaban J connectivity index is 1.57. The molecule has 3 aromatic rings. The van der Waals surface area contributed by atoms with Gasteiger partial charge in [-0.1, -0.05) is 12.1 Å². The van der Waals surface area contributed by atoms with Gasteiger partial charge in [0.25, 0.3) is 0 Å². The van der Waals surface area contributed by atoms with Crippen LogP contribution in [-0.4, -0.2) is 55.4 Å². The highest BCUT2D eigenvalue weighted by Crippen LogP contribution is 2.39. The summed E-state index contributed by atoms with van der Waals surface area (Å²) in [4.78, 5) is 18.6. The molecule has 6 N–H and O–H groups in total. The Morgan fingerprint density at radius 3 is 2.50 bits per heavy atom. The van der Waals surface area contributed by atoms with Crippen molar-refractivity contribution in [3.05, 3.63) is 53.2 Å². The van der Waals surface area contributed by atoms with Crippen LogP contribution >= 0.6 is 0 Å². The van der Waals surface area contributed by atoms with E-state index in [4.69, 9.17) is 4.98 Å². The van der Waals surface area contributed by atoms with Gasteiger partial charge in [-0.2, -0.15) is 4.79 Å². The first-order valence-electron chi connectivity index (χ1n) is 12.3. The number of hydrogen-bond donors (Lipinski definition) is 6. The minimum atomic E-state index is -0.490. The fraction of sp³-hybridized carbons (Fsp3) is 0.346. The van der Waals surface area contributed by atoms with E-state index in [9.17, 15) is 4.79 Å². The van der Waals surface area contributed by atoms with E-state index in [1.54, 1.807) is 18.0 Å². The lowest BCUT2D eigenvalue weighted by molar-refractivity contribution is -0.109. The summed E-state index contributed by atoms with van der Waals surface area (Å²) in [5, 5.41) is 21.0. The molecule has 0 amide bonds. The van der Waals surface area contributed by atoms with Gasteiger partial charge in [-0.25, -0.2) is 4.98 Å². The third kappa shape index (κ3) is 4.35. The summed E-state index contributed by atoms with van der Waals surface area (Å²) < 4.78 is 0. The minimum Gasteiger partial charge on any atom is -0.378 e. The SMILES string of the molecule is CNc1nn(NC)c(NC)c1-c1cc2c(c(Nc3ccc(C4CCNCC4)cc3)n1)C(C=O)NC=C2. The molecule has 1 aromatic carbocycles. The largest absolute Gasteiger partial charge is 0.378 e. The quantitative estimate of drug-likeness (QED) is 0.266. The molecule has 1 saturated heterocycles. The van der Waals surface area contributed by atoms with E-state index in [0.29, 0.717) is 17.6 Å². The number of nitrogens with one attached hydrogen (secondary N) is 6. The zero-order chi connectivity index (χ0) is 25.1. The lowest BCUT2D eigenvalue weighted by Crippen LogP contribution is -2.26. The lowest BCUT2D eigenvalue weighted by atomic mass is 9.90. The number of aromatic nitrogens is 3. The van der Waals surface area contributed by atoms with Crippen LogP contribution in [0.2, 0.25) is 0 Å². The molecule has 5 rings (SSSR count). The van der Waals surface area contributed by atoms with Crippen molar-refractivity contribution in [2.75, 3.05) is 55.6 Å². The highest BCUT2D eigenvalue weighted by atomic mass is 16.1. The van der Waals surface area contributed by atoms with E-state index in [-0.39, 0.29) is 0 Å². The van der Waals surface area contributed by atoms with E-state index in [1.807, 2.05) is 26.2 Å². The van der Waals surface area contributed by atoms with E-state index < -0.39 is 6.04 Å². The van der Waals surface area contributed by atoms with Gasteiger partial charge >= 0.3 is 0 Å². The van der Waals surface area contributed by atoms with Gasteiger partial charge in [0.1, 0.15) is 18.1 Å². The zero-order valence-electron chi connectivity index (χ0n) is 20.9. The molecule has 36 heavy (non-hydrogen) atoms. The fourth-order valence-corrected chi connectivity index (χ4v) is 5.05. The van der Waals surface area contributed by atoms with Crippen molar-refractivity contribution >= 4 is 35.5 Å². The number of rotatable bonds is 8. The Hall–Kier alpha value is -4.05. The molecule has 0 spiro atoms. The number of fused-ring (bicyclic) bond motifs is 1. The molecule has 4 heterocycles. The Labute approximate surface area is 210 Å². The number of carbonyl (C=O) groups is 1. The molecule has 2 aliphatic heterocycles. The molecular formula is C26H33N9O. The molecule has 1 atom stereocenters. The summed E-state index contributed by atoms with van der Waals surface area (Å²) in [5.74, 6) is 2.68. The average Bonchev–Trinajstić information content (AvgIpc) is 3.31. The van der Waals surface area contributed by atoms with Crippen molar-refractivity contribution < 1.29 is 4.79 Å². The third-order valence-corrected chi connectivity index (χ3v) is 6.89. The first-order chi connectivity index (χ1) is 17.7. The van der Waals surface area contributed by atoms with Crippen LogP contribution in [0.15, 0.2) is 36.5 Å². The Kier molecular flexibility index (Phi) is 6.77. The minimum absolute atomic E-state index is 0.490. The molecule has 1 fully saturated rings. The van der Waals surface area contributed by atoms with Crippen molar-refractivity contribution in [1.82, 2.24) is 25.5 Å². The topological polar surface area (TPSA) is 120 Å². The number of anilines is 4. The van der Waals surface area contributed by atoms with E-state index >= 15 is 0 Å². The van der Waals surface area contributed by atoms with Crippen molar-refractivity contribution in [2.24, 2.45) is 0 Å². The summed E-state index contributed by atoms with van der Waals surface area (Å²) in [5.41, 5.74) is 8.64. The maximum Gasteiger partial charge on any atom is 0.161 e. The van der Waals surface area contributed by atoms with E-state index in [2.05, 4.69) is 61.4 Å². The van der Waals surface area contributed by atoms with Crippen LogP contribution in [0.3, 0.4) is 0 Å². The second-order valence-corrected chi connectivity index (χ2v) is 8.95. The van der Waals surface area contributed by atoms with Crippen LogP contribution in [0.4, 0.5) is 23.1 Å². The Bertz CT molecular complexity index is 1260. The predicted molar refractivity (Wildman–Crippen MR) is 145 cm³/mol. The highest BCUT2D eigenvalue weighted by Gasteiger charge is 2.26. The molecule has 0 bridgehead atoms. The molecule has 188 valence electrons. The van der Waals surface area contributed by atoms with Gasteiger partial charge in [-0.3, -0.25) is 0 Å². The average molecular weight is 488 g/mol. The van der Waals surface area contributed by atoms with E-state index in [0.717, 1.165) is 66.1 Å². The normalized spacial score (nSPS) is 17.1. The number of aldehydes is 1. The van der Waals surface area contributed by atoms with Crippen LogP contribution in [0.1, 0.15) is 41.5 Å². The number of carbonyl (C=O) groups excluding carboxylic acids is 1. The van der Waals surface area contributed by atoms with Crippen LogP contribution in [0.25, 0.3) is 17.3 Å². The molecule has 0 radical (unpaired) electrons. The molecule has 2 aliphatic rings. The summed E-state index contributed by atoms with van der Waals surface area (Å²) in [6, 6.07) is 10.1. The van der Waals surface area contributed by atoms with Gasteiger partial charge in [0.2, 0.25) is 0 Å². The number of nitrogens with zero attached hydrogens (tertiary/aromatic N) is 3. The summed E-state index contributed by atoms with van der Waals surface area (Å²) in [6.45, 7) is 2.13. The van der Waals surface area contributed by atoms with Gasteiger partial charge in [0, 0.05) is 32.4 Å². The van der Waals surface area contributed by atoms with E-state index in [1.165, 1.54) is 5.56 Å². The van der Waals surface area contributed by atoms with Gasteiger partial charge in [-0.05, 0) is 73.5 Å². The summed E-state index contributed by atoms with van der Waals surface area (Å²) in [6.07, 6.45) is 6.99. The first kappa shape index (κ1) is 23.7. The summed E-state index contributed by atoms with van der Waals surface area (Å²) in [7, 11) is 5.49. The molecule has 0 saturated carbocycles. The number of pyridine rings is 1. The second-order valence-electron chi connectivity index (χ2n) is 8.95. The van der Waals surface area contributed by atoms with Crippen LogP contribution in [-0.2, 0) is 4.79 Å². The van der Waals surface area contributed by atoms with Crippen LogP contribution in [0.5, 0.6) is 0 Å². The zero-order valence-corrected chi connectivity index (χ0v) is 20.9. The van der Waals surface area contributed by atoms with Crippen molar-refractivity contribution in [1.29, 1.82) is 0 Å². The second kappa shape index (κ2) is 10.3. The standard InChI is InChI=1S/C26H33N9O/c1-27-24-23(26(28-2)35(29-3)34-24)20-14-18-10-13-31-21(15-36)22(18)25(33-20)32-19-6-4-16(5-7-19)17-8-11-30-12-9-17/h4-7,10,13-15,17,21,28-31H,8-9,11-12H2,1-3H3,(H,27,34)(H,32,33). The molecule has 1 unspecified atom stereocenters. The lowest BCUT2D eigenvalue weighted by Gasteiger charge is -2.24. The van der Waals surface area contributed by atoms with Gasteiger partial charge < -0.3 is 36.8 Å². The van der Waals surface area contributed by atoms with Crippen molar-refractivity contribution in [2.45, 2.75) is 24.8 Å². The maximum absolute atomic E-state index is 11.9. The number of benzene rings is 1. The number of piperidine rings is 1. The Morgan fingerprint density at radius 1 is 1.06 bits per heavy atom. The van der Waals surface area contributed by atoms with Crippen molar-refractivity contribution in [3.63, 3.8) is 0 Å². The fourth-order valence-electron chi connectivity index (χ4n) is 5.05. The monoisotopic (exact) mass is 487 g/mol. The van der Waals surface area contributed by atoms with Crippen molar-refractivity contribution in [3.8, 4) is 11.3 Å². The molecule has 10 heteroatoms. The molecule has 0 aliphatic carbocycles. The smallest absolute Gasteiger partial charge is 0.161 e. The maximum atomic E-state index is 11.9. The molecule has 10 nitrogen and oxygen atoms in total. The number of hydrogen-bond acceptors (Lipinski definition) is 9.